The molecule has 0 fully saturated rings. The number of ether oxygens (including phenoxy) is 1. The van der Waals surface area contributed by atoms with E-state index in [0.717, 1.165) is 24.4 Å². The summed E-state index contributed by atoms with van der Waals surface area (Å²) in [4.78, 5) is 12.4. The zero-order valence-electron chi connectivity index (χ0n) is 10.8. The fourth-order valence-corrected chi connectivity index (χ4v) is 2.19. The third-order valence-corrected chi connectivity index (χ3v) is 3.30. The van der Waals surface area contributed by atoms with Gasteiger partial charge in [0.25, 0.3) is 0 Å². The van der Waals surface area contributed by atoms with Crippen LogP contribution in [0.25, 0.3) is 0 Å². The average Bonchev–Trinajstić information content (AvgIpc) is 3.07. The van der Waals surface area contributed by atoms with Crippen LogP contribution in [0.3, 0.4) is 0 Å². The third-order valence-electron chi connectivity index (χ3n) is 3.30. The third kappa shape index (κ3) is 1.87. The van der Waals surface area contributed by atoms with Gasteiger partial charge in [0.05, 0.1) is 24.5 Å². The lowest BCUT2D eigenvalue weighted by Crippen LogP contribution is -2.45. The quantitative estimate of drug-likeness (QED) is 0.691. The SMILES string of the molecule is COC1(O)C=C(NN2C=NCC2)C(C)=C2N=CN=C21. The Morgan fingerprint density at radius 2 is 2.37 bits per heavy atom. The molecule has 2 aliphatic heterocycles. The second kappa shape index (κ2) is 4.29. The lowest BCUT2D eigenvalue weighted by atomic mass is 9.95. The van der Waals surface area contributed by atoms with Crippen LogP contribution in [0.2, 0.25) is 0 Å². The number of fused-ring (bicyclic) bond motifs is 1. The maximum absolute atomic E-state index is 10.5. The van der Waals surface area contributed by atoms with E-state index in [-0.39, 0.29) is 0 Å². The molecule has 0 aromatic carbocycles. The zero-order valence-corrected chi connectivity index (χ0v) is 10.8. The minimum absolute atomic E-state index is 0.424. The Bertz CT molecular complexity index is 560. The molecule has 1 unspecified atom stereocenters. The highest BCUT2D eigenvalue weighted by Gasteiger charge is 2.40. The Morgan fingerprint density at radius 1 is 1.53 bits per heavy atom. The predicted molar refractivity (Wildman–Crippen MR) is 71.9 cm³/mol. The lowest BCUT2D eigenvalue weighted by Gasteiger charge is -2.31. The molecule has 0 saturated carbocycles. The van der Waals surface area contributed by atoms with Crippen molar-refractivity contribution in [1.29, 1.82) is 0 Å². The minimum atomic E-state index is -1.55. The number of hydrazine groups is 1. The number of aliphatic hydroxyl groups is 1. The molecular formula is C12H15N5O2. The van der Waals surface area contributed by atoms with Crippen molar-refractivity contribution in [3.8, 4) is 0 Å². The van der Waals surface area contributed by atoms with E-state index >= 15 is 0 Å². The van der Waals surface area contributed by atoms with Crippen LogP contribution in [-0.2, 0) is 4.74 Å². The Kier molecular flexibility index (Phi) is 2.72. The number of allylic oxidation sites excluding steroid dienone is 1. The largest absolute Gasteiger partial charge is 0.357 e. The van der Waals surface area contributed by atoms with Crippen LogP contribution in [0.5, 0.6) is 0 Å². The van der Waals surface area contributed by atoms with Crippen molar-refractivity contribution in [3.05, 3.63) is 23.0 Å². The first-order chi connectivity index (χ1) is 9.14. The van der Waals surface area contributed by atoms with Gasteiger partial charge in [0.15, 0.2) is 0 Å². The van der Waals surface area contributed by atoms with Gasteiger partial charge in [0, 0.05) is 18.8 Å². The van der Waals surface area contributed by atoms with Crippen LogP contribution >= 0.6 is 0 Å². The van der Waals surface area contributed by atoms with Gasteiger partial charge in [-0.2, -0.15) is 0 Å². The predicted octanol–water partition coefficient (Wildman–Crippen LogP) is -0.176. The summed E-state index contributed by atoms with van der Waals surface area (Å²) in [5, 5.41) is 12.3. The van der Waals surface area contributed by atoms with Gasteiger partial charge in [-0.3, -0.25) is 15.4 Å². The highest BCUT2D eigenvalue weighted by Crippen LogP contribution is 2.31. The van der Waals surface area contributed by atoms with Crippen LogP contribution in [0, 0.1) is 0 Å². The van der Waals surface area contributed by atoms with Crippen LogP contribution < -0.4 is 5.43 Å². The number of hydrogen-bond acceptors (Lipinski definition) is 7. The van der Waals surface area contributed by atoms with Crippen molar-refractivity contribution in [2.45, 2.75) is 12.7 Å². The van der Waals surface area contributed by atoms with Gasteiger partial charge in [-0.25, -0.2) is 9.98 Å². The second-order valence-electron chi connectivity index (χ2n) is 4.48. The van der Waals surface area contributed by atoms with E-state index in [0.29, 0.717) is 11.4 Å². The minimum Gasteiger partial charge on any atom is -0.357 e. The summed E-state index contributed by atoms with van der Waals surface area (Å²) < 4.78 is 5.18. The molecule has 1 atom stereocenters. The zero-order chi connectivity index (χ0) is 13.5. The summed E-state index contributed by atoms with van der Waals surface area (Å²) in [7, 11) is 1.44. The molecule has 2 N–H and O–H groups in total. The molecule has 3 rings (SSSR count). The highest BCUT2D eigenvalue weighted by molar-refractivity contribution is 6.14. The van der Waals surface area contributed by atoms with E-state index < -0.39 is 5.79 Å². The van der Waals surface area contributed by atoms with Crippen molar-refractivity contribution in [3.63, 3.8) is 0 Å². The van der Waals surface area contributed by atoms with Crippen molar-refractivity contribution in [2.75, 3.05) is 20.2 Å². The molecule has 0 spiro atoms. The van der Waals surface area contributed by atoms with Gasteiger partial charge in [-0.1, -0.05) is 0 Å². The van der Waals surface area contributed by atoms with Gasteiger partial charge >= 0.3 is 0 Å². The molecule has 1 aliphatic carbocycles. The number of nitrogens with one attached hydrogen (secondary N) is 1. The first kappa shape index (κ1) is 12.1. The van der Waals surface area contributed by atoms with Crippen molar-refractivity contribution in [2.24, 2.45) is 15.0 Å². The Balaban J connectivity index is 1.96. The number of rotatable bonds is 3. The molecule has 0 aromatic rings. The smallest absolute Gasteiger partial charge is 0.234 e. The first-order valence-corrected chi connectivity index (χ1v) is 6.00. The van der Waals surface area contributed by atoms with E-state index in [4.69, 9.17) is 4.74 Å². The van der Waals surface area contributed by atoms with Gasteiger partial charge in [-0.15, -0.1) is 0 Å². The molecule has 0 saturated heterocycles. The van der Waals surface area contributed by atoms with Crippen LogP contribution in [0.15, 0.2) is 38.0 Å². The number of nitrogens with zero attached hydrogens (tertiary/aromatic N) is 4. The van der Waals surface area contributed by atoms with E-state index in [1.165, 1.54) is 13.4 Å². The van der Waals surface area contributed by atoms with Gasteiger partial charge in [-0.05, 0) is 6.92 Å². The van der Waals surface area contributed by atoms with E-state index in [1.807, 2.05) is 11.9 Å². The molecule has 0 bridgehead atoms. The first-order valence-electron chi connectivity index (χ1n) is 6.00. The summed E-state index contributed by atoms with van der Waals surface area (Å²) in [6, 6.07) is 0. The Morgan fingerprint density at radius 3 is 3.05 bits per heavy atom. The molecule has 0 aromatic heterocycles. The van der Waals surface area contributed by atoms with Crippen molar-refractivity contribution in [1.82, 2.24) is 10.4 Å². The Labute approximate surface area is 110 Å². The number of aliphatic imine (C=N–C) groups is 3. The molecule has 19 heavy (non-hydrogen) atoms. The number of hydrogen-bond donors (Lipinski definition) is 2. The molecule has 3 aliphatic rings. The van der Waals surface area contributed by atoms with Crippen molar-refractivity contribution >= 4 is 18.4 Å². The molecule has 0 amide bonds. The van der Waals surface area contributed by atoms with Crippen LogP contribution in [0.4, 0.5) is 0 Å². The second-order valence-corrected chi connectivity index (χ2v) is 4.48. The maximum Gasteiger partial charge on any atom is 0.234 e. The maximum atomic E-state index is 10.5. The normalized spacial score (nSPS) is 28.7. The lowest BCUT2D eigenvalue weighted by molar-refractivity contribution is -0.0896. The van der Waals surface area contributed by atoms with Crippen LogP contribution in [0.1, 0.15) is 6.92 Å². The molecule has 7 nitrogen and oxygen atoms in total. The average molecular weight is 261 g/mol. The highest BCUT2D eigenvalue weighted by atomic mass is 16.6. The fourth-order valence-electron chi connectivity index (χ4n) is 2.19. The molecular weight excluding hydrogens is 246 g/mol. The molecule has 7 heteroatoms. The molecule has 0 radical (unpaired) electrons. The van der Waals surface area contributed by atoms with Gasteiger partial charge < -0.3 is 9.84 Å². The molecule has 2 heterocycles. The Hall–Kier alpha value is -1.99. The summed E-state index contributed by atoms with van der Waals surface area (Å²) >= 11 is 0. The fraction of sp³-hybridized carbons (Fsp3) is 0.417. The van der Waals surface area contributed by atoms with Crippen LogP contribution in [-0.4, -0.2) is 54.5 Å². The monoisotopic (exact) mass is 261 g/mol. The summed E-state index contributed by atoms with van der Waals surface area (Å²) in [6.07, 6.45) is 4.75. The summed E-state index contributed by atoms with van der Waals surface area (Å²) in [5.74, 6) is -1.55. The standard InChI is InChI=1S/C12H15N5O2/c1-8-9(16-17-4-3-13-7-17)5-12(18,19-2)11-10(8)14-6-15-11/h5-7,16,18H,3-4H2,1-2H3. The molecule has 100 valence electrons. The van der Waals surface area contributed by atoms with E-state index in [2.05, 4.69) is 20.4 Å². The summed E-state index contributed by atoms with van der Waals surface area (Å²) in [6.45, 7) is 3.47. The van der Waals surface area contributed by atoms with Gasteiger partial charge in [0.1, 0.15) is 18.4 Å². The number of methoxy groups -OCH3 is 1. The van der Waals surface area contributed by atoms with E-state index in [1.54, 1.807) is 12.4 Å². The summed E-state index contributed by atoms with van der Waals surface area (Å²) in [5.41, 5.74) is 5.91. The van der Waals surface area contributed by atoms with E-state index in [9.17, 15) is 5.11 Å². The topological polar surface area (TPSA) is 81.8 Å². The van der Waals surface area contributed by atoms with Gasteiger partial charge in [0.2, 0.25) is 5.79 Å². The van der Waals surface area contributed by atoms with Crippen molar-refractivity contribution < 1.29 is 9.84 Å².